The van der Waals surface area contributed by atoms with Crippen molar-refractivity contribution >= 4 is 29.1 Å². The summed E-state index contributed by atoms with van der Waals surface area (Å²) >= 11 is 0. The van der Waals surface area contributed by atoms with Gasteiger partial charge in [-0.25, -0.2) is 0 Å². The van der Waals surface area contributed by atoms with Crippen molar-refractivity contribution in [3.8, 4) is 0 Å². The highest BCUT2D eigenvalue weighted by Gasteiger charge is 2.29. The molecule has 2 N–H and O–H groups in total. The van der Waals surface area contributed by atoms with Crippen LogP contribution in [0.4, 0.5) is 11.4 Å². The number of nitrogens with one attached hydrogen (secondary N) is 2. The minimum atomic E-state index is -0.718. The van der Waals surface area contributed by atoms with E-state index in [2.05, 4.69) is 27.7 Å². The molecule has 0 aromatic heterocycles. The van der Waals surface area contributed by atoms with E-state index in [0.717, 1.165) is 18.8 Å². The summed E-state index contributed by atoms with van der Waals surface area (Å²) in [6, 6.07) is 16.3. The third kappa shape index (κ3) is 4.23. The Bertz CT molecular complexity index is 907. The van der Waals surface area contributed by atoms with Gasteiger partial charge in [0.15, 0.2) is 0 Å². The molecule has 2 aromatic carbocycles. The zero-order valence-corrected chi connectivity index (χ0v) is 16.1. The van der Waals surface area contributed by atoms with Gasteiger partial charge in [-0.1, -0.05) is 30.3 Å². The van der Waals surface area contributed by atoms with E-state index in [1.807, 2.05) is 23.1 Å². The molecule has 2 aliphatic heterocycles. The number of hydrogen-bond acceptors (Lipinski definition) is 4. The number of rotatable bonds is 4. The van der Waals surface area contributed by atoms with E-state index in [-0.39, 0.29) is 30.6 Å². The highest BCUT2D eigenvalue weighted by atomic mass is 16.2. The number of piperazine rings is 1. The molecular formula is C22H24N4O3. The smallest absolute Gasteiger partial charge is 0.254 e. The Kier molecular flexibility index (Phi) is 5.46. The highest BCUT2D eigenvalue weighted by molar-refractivity contribution is 6.09. The fourth-order valence-electron chi connectivity index (χ4n) is 3.79. The number of para-hydroxylation sites is 2. The summed E-state index contributed by atoms with van der Waals surface area (Å²) in [5.41, 5.74) is 2.10. The minimum absolute atomic E-state index is 0.0153. The Morgan fingerprint density at radius 2 is 1.62 bits per heavy atom. The molecule has 0 saturated carbocycles. The molecule has 2 aromatic rings. The molecule has 0 radical (unpaired) electrons. The average Bonchev–Trinajstić information content (AvgIpc) is 2.88. The van der Waals surface area contributed by atoms with Gasteiger partial charge in [-0.05, 0) is 30.7 Å². The lowest BCUT2D eigenvalue weighted by Crippen LogP contribution is -2.49. The van der Waals surface area contributed by atoms with Crippen molar-refractivity contribution in [3.05, 3.63) is 60.2 Å². The zero-order valence-electron chi connectivity index (χ0n) is 16.1. The number of hydrogen-bond donors (Lipinski definition) is 2. The van der Waals surface area contributed by atoms with Crippen LogP contribution in [-0.2, 0) is 9.59 Å². The standard InChI is InChI=1S/C22H24N4O3/c27-20(26-14-12-25(13-15-26)16-6-2-1-3-7-16)11-10-19-22(29)23-18-9-5-4-8-17(18)21(28)24-19/h1-9,19H,10-15H2,(H,23,29)(H,24,28). The molecule has 29 heavy (non-hydrogen) atoms. The summed E-state index contributed by atoms with van der Waals surface area (Å²) < 4.78 is 0. The first kappa shape index (κ1) is 19.0. The van der Waals surface area contributed by atoms with Crippen LogP contribution in [-0.4, -0.2) is 54.8 Å². The lowest BCUT2D eigenvalue weighted by molar-refractivity contribution is -0.131. The second kappa shape index (κ2) is 8.34. The van der Waals surface area contributed by atoms with E-state index < -0.39 is 6.04 Å². The number of benzene rings is 2. The molecule has 150 valence electrons. The van der Waals surface area contributed by atoms with Crippen LogP contribution < -0.4 is 15.5 Å². The van der Waals surface area contributed by atoms with Crippen LogP contribution in [0.2, 0.25) is 0 Å². The van der Waals surface area contributed by atoms with Gasteiger partial charge in [0.05, 0.1) is 11.3 Å². The molecule has 3 amide bonds. The van der Waals surface area contributed by atoms with Gasteiger partial charge in [-0.2, -0.15) is 0 Å². The maximum absolute atomic E-state index is 12.6. The van der Waals surface area contributed by atoms with Gasteiger partial charge in [0.2, 0.25) is 11.8 Å². The minimum Gasteiger partial charge on any atom is -0.368 e. The molecule has 7 heteroatoms. The molecule has 1 saturated heterocycles. The van der Waals surface area contributed by atoms with E-state index in [1.165, 1.54) is 0 Å². The average molecular weight is 392 g/mol. The molecule has 1 fully saturated rings. The van der Waals surface area contributed by atoms with Gasteiger partial charge < -0.3 is 20.4 Å². The second-order valence-electron chi connectivity index (χ2n) is 7.30. The van der Waals surface area contributed by atoms with Crippen LogP contribution >= 0.6 is 0 Å². The third-order valence-electron chi connectivity index (χ3n) is 5.45. The molecular weight excluding hydrogens is 368 g/mol. The lowest BCUT2D eigenvalue weighted by atomic mass is 10.1. The Morgan fingerprint density at radius 1 is 0.931 bits per heavy atom. The predicted molar refractivity (Wildman–Crippen MR) is 111 cm³/mol. The van der Waals surface area contributed by atoms with Gasteiger partial charge in [0.1, 0.15) is 6.04 Å². The van der Waals surface area contributed by atoms with E-state index in [9.17, 15) is 14.4 Å². The van der Waals surface area contributed by atoms with Crippen molar-refractivity contribution in [1.29, 1.82) is 0 Å². The van der Waals surface area contributed by atoms with Crippen LogP contribution in [0.5, 0.6) is 0 Å². The van der Waals surface area contributed by atoms with Crippen molar-refractivity contribution < 1.29 is 14.4 Å². The molecule has 0 bridgehead atoms. The number of carbonyl (C=O) groups excluding carboxylic acids is 3. The zero-order chi connectivity index (χ0) is 20.2. The van der Waals surface area contributed by atoms with Gasteiger partial charge >= 0.3 is 0 Å². The topological polar surface area (TPSA) is 81.8 Å². The Balaban J connectivity index is 1.30. The molecule has 2 heterocycles. The quantitative estimate of drug-likeness (QED) is 0.832. The highest BCUT2D eigenvalue weighted by Crippen LogP contribution is 2.20. The van der Waals surface area contributed by atoms with Gasteiger partial charge in [-0.15, -0.1) is 0 Å². The molecule has 1 unspecified atom stereocenters. The van der Waals surface area contributed by atoms with Crippen molar-refractivity contribution in [2.45, 2.75) is 18.9 Å². The first-order chi connectivity index (χ1) is 14.1. The number of anilines is 2. The third-order valence-corrected chi connectivity index (χ3v) is 5.45. The monoisotopic (exact) mass is 392 g/mol. The normalized spacial score (nSPS) is 19.1. The summed E-state index contributed by atoms with van der Waals surface area (Å²) in [7, 11) is 0. The maximum Gasteiger partial charge on any atom is 0.254 e. The number of amides is 3. The van der Waals surface area contributed by atoms with Crippen molar-refractivity contribution in [2.24, 2.45) is 0 Å². The van der Waals surface area contributed by atoms with E-state index in [1.54, 1.807) is 24.3 Å². The molecule has 7 nitrogen and oxygen atoms in total. The van der Waals surface area contributed by atoms with Crippen molar-refractivity contribution in [2.75, 3.05) is 36.4 Å². The summed E-state index contributed by atoms with van der Waals surface area (Å²) in [6.45, 7) is 2.88. The van der Waals surface area contributed by atoms with Crippen molar-refractivity contribution in [3.63, 3.8) is 0 Å². The van der Waals surface area contributed by atoms with E-state index in [4.69, 9.17) is 0 Å². The van der Waals surface area contributed by atoms with Crippen LogP contribution in [0, 0.1) is 0 Å². The fourth-order valence-corrected chi connectivity index (χ4v) is 3.79. The van der Waals surface area contributed by atoms with Crippen LogP contribution in [0.3, 0.4) is 0 Å². The summed E-state index contributed by atoms with van der Waals surface area (Å²) in [5, 5.41) is 5.52. The van der Waals surface area contributed by atoms with Gasteiger partial charge in [-0.3, -0.25) is 14.4 Å². The number of nitrogens with zero attached hydrogens (tertiary/aromatic N) is 2. The van der Waals surface area contributed by atoms with E-state index >= 15 is 0 Å². The molecule has 1 atom stereocenters. The first-order valence-electron chi connectivity index (χ1n) is 9.90. The first-order valence-corrected chi connectivity index (χ1v) is 9.90. The Labute approximate surface area is 169 Å². The van der Waals surface area contributed by atoms with E-state index in [0.29, 0.717) is 24.3 Å². The Hall–Kier alpha value is -3.35. The van der Waals surface area contributed by atoms with Gasteiger partial charge in [0, 0.05) is 38.3 Å². The van der Waals surface area contributed by atoms with Gasteiger partial charge in [0.25, 0.3) is 5.91 Å². The number of fused-ring (bicyclic) bond motifs is 1. The SMILES string of the molecule is O=C1NC(CCC(=O)N2CCN(c3ccccc3)CC2)C(=O)Nc2ccccc21. The molecule has 0 spiro atoms. The van der Waals surface area contributed by atoms with Crippen LogP contribution in [0.25, 0.3) is 0 Å². The summed E-state index contributed by atoms with van der Waals surface area (Å²) in [6.07, 6.45) is 0.503. The lowest BCUT2D eigenvalue weighted by Gasteiger charge is -2.36. The second-order valence-corrected chi connectivity index (χ2v) is 7.30. The maximum atomic E-state index is 12.6. The van der Waals surface area contributed by atoms with Crippen LogP contribution in [0.15, 0.2) is 54.6 Å². The number of carbonyl (C=O) groups is 3. The Morgan fingerprint density at radius 3 is 2.38 bits per heavy atom. The molecule has 0 aliphatic carbocycles. The van der Waals surface area contributed by atoms with Crippen LogP contribution in [0.1, 0.15) is 23.2 Å². The fraction of sp³-hybridized carbons (Fsp3) is 0.318. The predicted octanol–water partition coefficient (Wildman–Crippen LogP) is 1.87. The molecule has 2 aliphatic rings. The summed E-state index contributed by atoms with van der Waals surface area (Å²) in [5.74, 6) is -0.570. The summed E-state index contributed by atoms with van der Waals surface area (Å²) in [4.78, 5) is 41.6. The largest absolute Gasteiger partial charge is 0.368 e. The molecule has 4 rings (SSSR count). The van der Waals surface area contributed by atoms with Crippen molar-refractivity contribution in [1.82, 2.24) is 10.2 Å².